The first-order chi connectivity index (χ1) is 7.68. The van der Waals surface area contributed by atoms with Crippen LogP contribution >= 0.6 is 0 Å². The molecule has 0 bridgehead atoms. The second-order valence-corrected chi connectivity index (χ2v) is 4.41. The highest BCUT2D eigenvalue weighted by molar-refractivity contribution is 5.96. The third-order valence-corrected chi connectivity index (χ3v) is 3.24. The first kappa shape index (κ1) is 11.1. The largest absolute Gasteiger partial charge is 0.348 e. The fourth-order valence-corrected chi connectivity index (χ4v) is 2.04. The Kier molecular flexibility index (Phi) is 3.25. The molecule has 1 aliphatic heterocycles. The monoisotopic (exact) mass is 218 g/mol. The molecule has 16 heavy (non-hydrogen) atoms. The molecule has 2 rings (SSSR count). The van der Waals surface area contributed by atoms with E-state index in [2.05, 4.69) is 10.6 Å². The maximum absolute atomic E-state index is 12.0. The molecule has 0 radical (unpaired) electrons. The Morgan fingerprint density at radius 2 is 2.25 bits per heavy atom. The predicted octanol–water partition coefficient (Wildman–Crippen LogP) is 1.40. The summed E-state index contributed by atoms with van der Waals surface area (Å²) >= 11 is 0. The first-order valence-electron chi connectivity index (χ1n) is 5.76. The number of rotatable bonds is 2. The lowest BCUT2D eigenvalue weighted by Crippen LogP contribution is -2.36. The second-order valence-electron chi connectivity index (χ2n) is 4.41. The summed E-state index contributed by atoms with van der Waals surface area (Å²) in [5.41, 5.74) is 3.04. The van der Waals surface area contributed by atoms with E-state index in [0.717, 1.165) is 36.2 Å². The van der Waals surface area contributed by atoms with E-state index >= 15 is 0 Å². The van der Waals surface area contributed by atoms with Crippen molar-refractivity contribution < 1.29 is 4.79 Å². The molecule has 1 heterocycles. The van der Waals surface area contributed by atoms with E-state index < -0.39 is 0 Å². The molecule has 3 nitrogen and oxygen atoms in total. The highest BCUT2D eigenvalue weighted by atomic mass is 16.1. The first-order valence-corrected chi connectivity index (χ1v) is 5.76. The van der Waals surface area contributed by atoms with Crippen molar-refractivity contribution in [3.8, 4) is 0 Å². The molecule has 0 spiro atoms. The van der Waals surface area contributed by atoms with Crippen molar-refractivity contribution in [3.05, 3.63) is 34.9 Å². The van der Waals surface area contributed by atoms with Crippen molar-refractivity contribution in [1.29, 1.82) is 0 Å². The van der Waals surface area contributed by atoms with Gasteiger partial charge in [-0.2, -0.15) is 0 Å². The summed E-state index contributed by atoms with van der Waals surface area (Å²) in [6, 6.07) is 6.14. The number of aryl methyl sites for hydroxylation is 1. The van der Waals surface area contributed by atoms with Gasteiger partial charge in [-0.25, -0.2) is 0 Å². The van der Waals surface area contributed by atoms with Gasteiger partial charge in [0.1, 0.15) is 0 Å². The molecule has 0 unspecified atom stereocenters. The van der Waals surface area contributed by atoms with Crippen LogP contribution in [0.2, 0.25) is 0 Å². The van der Waals surface area contributed by atoms with E-state index in [1.807, 2.05) is 32.0 Å². The highest BCUT2D eigenvalue weighted by Gasteiger charge is 2.18. The zero-order valence-electron chi connectivity index (χ0n) is 9.84. The summed E-state index contributed by atoms with van der Waals surface area (Å²) in [5, 5.41) is 6.30. The Bertz CT molecular complexity index is 395. The van der Waals surface area contributed by atoms with Crippen LogP contribution in [0, 0.1) is 13.8 Å². The van der Waals surface area contributed by atoms with Crippen LogP contribution < -0.4 is 10.6 Å². The Balaban J connectivity index is 2.11. The standard InChI is InChI=1S/C13H18N2O/c1-9-4-3-5-12(10(9)2)13(16)15-11-6-7-14-8-11/h3-5,11,14H,6-8H2,1-2H3,(H,15,16)/t11-/m1/s1. The van der Waals surface area contributed by atoms with Crippen molar-refractivity contribution in [2.24, 2.45) is 0 Å². The smallest absolute Gasteiger partial charge is 0.251 e. The summed E-state index contributed by atoms with van der Waals surface area (Å²) in [7, 11) is 0. The van der Waals surface area contributed by atoms with Gasteiger partial charge in [-0.05, 0) is 44.0 Å². The average Bonchev–Trinajstić information content (AvgIpc) is 2.74. The SMILES string of the molecule is Cc1cccc(C(=O)N[C@@H]2CCNC2)c1C. The summed E-state index contributed by atoms with van der Waals surface area (Å²) in [5.74, 6) is 0.0508. The van der Waals surface area contributed by atoms with Crippen molar-refractivity contribution in [2.75, 3.05) is 13.1 Å². The molecular weight excluding hydrogens is 200 g/mol. The van der Waals surface area contributed by atoms with Gasteiger partial charge in [-0.15, -0.1) is 0 Å². The van der Waals surface area contributed by atoms with Gasteiger partial charge in [-0.3, -0.25) is 4.79 Å². The van der Waals surface area contributed by atoms with Gasteiger partial charge in [0.05, 0.1) is 0 Å². The van der Waals surface area contributed by atoms with E-state index in [9.17, 15) is 4.79 Å². The zero-order chi connectivity index (χ0) is 11.5. The summed E-state index contributed by atoms with van der Waals surface area (Å²) in [6.45, 7) is 5.91. The van der Waals surface area contributed by atoms with Crippen molar-refractivity contribution >= 4 is 5.91 Å². The Morgan fingerprint density at radius 3 is 2.94 bits per heavy atom. The van der Waals surface area contributed by atoms with Crippen LogP contribution in [0.15, 0.2) is 18.2 Å². The van der Waals surface area contributed by atoms with Crippen LogP contribution in [-0.4, -0.2) is 25.0 Å². The fraction of sp³-hybridized carbons (Fsp3) is 0.462. The maximum Gasteiger partial charge on any atom is 0.251 e. The van der Waals surface area contributed by atoms with E-state index in [0.29, 0.717) is 0 Å². The van der Waals surface area contributed by atoms with Gasteiger partial charge < -0.3 is 10.6 Å². The number of nitrogens with one attached hydrogen (secondary N) is 2. The molecule has 1 saturated heterocycles. The fourth-order valence-electron chi connectivity index (χ4n) is 2.04. The molecule has 1 aromatic carbocycles. The number of carbonyl (C=O) groups excluding carboxylic acids is 1. The van der Waals surface area contributed by atoms with Gasteiger partial charge in [0.2, 0.25) is 0 Å². The maximum atomic E-state index is 12.0. The van der Waals surface area contributed by atoms with Crippen molar-refractivity contribution in [3.63, 3.8) is 0 Å². The van der Waals surface area contributed by atoms with Crippen molar-refractivity contribution in [2.45, 2.75) is 26.3 Å². The van der Waals surface area contributed by atoms with Crippen LogP contribution in [0.4, 0.5) is 0 Å². The number of hydrogen-bond acceptors (Lipinski definition) is 2. The molecule has 3 heteroatoms. The third kappa shape index (κ3) is 2.25. The van der Waals surface area contributed by atoms with Gasteiger partial charge in [0, 0.05) is 18.2 Å². The molecule has 1 aliphatic rings. The van der Waals surface area contributed by atoms with E-state index in [4.69, 9.17) is 0 Å². The summed E-state index contributed by atoms with van der Waals surface area (Å²) in [4.78, 5) is 12.0. The van der Waals surface area contributed by atoms with E-state index in [-0.39, 0.29) is 11.9 Å². The Morgan fingerprint density at radius 1 is 1.44 bits per heavy atom. The molecule has 0 aliphatic carbocycles. The Labute approximate surface area is 96.2 Å². The van der Waals surface area contributed by atoms with E-state index in [1.165, 1.54) is 0 Å². The summed E-state index contributed by atoms with van der Waals surface area (Å²) < 4.78 is 0. The topological polar surface area (TPSA) is 41.1 Å². The van der Waals surface area contributed by atoms with Crippen LogP contribution in [0.3, 0.4) is 0 Å². The molecule has 1 atom stereocenters. The van der Waals surface area contributed by atoms with Crippen LogP contribution in [0.25, 0.3) is 0 Å². The third-order valence-electron chi connectivity index (χ3n) is 3.24. The second kappa shape index (κ2) is 4.66. The number of amides is 1. The number of carbonyl (C=O) groups is 1. The normalized spacial score (nSPS) is 19.8. The van der Waals surface area contributed by atoms with Gasteiger partial charge in [-0.1, -0.05) is 12.1 Å². The summed E-state index contributed by atoms with van der Waals surface area (Å²) in [6.07, 6.45) is 1.02. The molecule has 1 amide bonds. The Hall–Kier alpha value is -1.35. The molecule has 0 saturated carbocycles. The highest BCUT2D eigenvalue weighted by Crippen LogP contribution is 2.13. The lowest BCUT2D eigenvalue weighted by atomic mass is 10.0. The molecule has 86 valence electrons. The number of benzene rings is 1. The molecule has 2 N–H and O–H groups in total. The minimum atomic E-state index is 0.0508. The van der Waals surface area contributed by atoms with Gasteiger partial charge in [0.15, 0.2) is 0 Å². The van der Waals surface area contributed by atoms with Crippen LogP contribution in [-0.2, 0) is 0 Å². The van der Waals surface area contributed by atoms with Crippen molar-refractivity contribution in [1.82, 2.24) is 10.6 Å². The number of hydrogen-bond donors (Lipinski definition) is 2. The predicted molar refractivity (Wildman–Crippen MR) is 64.7 cm³/mol. The molecule has 1 aromatic rings. The minimum absolute atomic E-state index is 0.0508. The minimum Gasteiger partial charge on any atom is -0.348 e. The lowest BCUT2D eigenvalue weighted by molar-refractivity contribution is 0.0939. The lowest BCUT2D eigenvalue weighted by Gasteiger charge is -2.13. The van der Waals surface area contributed by atoms with Gasteiger partial charge >= 0.3 is 0 Å². The van der Waals surface area contributed by atoms with E-state index in [1.54, 1.807) is 0 Å². The molecule has 0 aromatic heterocycles. The van der Waals surface area contributed by atoms with Gasteiger partial charge in [0.25, 0.3) is 5.91 Å². The quantitative estimate of drug-likeness (QED) is 0.787. The zero-order valence-corrected chi connectivity index (χ0v) is 9.84. The molecular formula is C13H18N2O. The average molecular weight is 218 g/mol. The molecule has 1 fully saturated rings. The van der Waals surface area contributed by atoms with Crippen LogP contribution in [0.5, 0.6) is 0 Å². The van der Waals surface area contributed by atoms with Crippen LogP contribution in [0.1, 0.15) is 27.9 Å².